The number of hydrogen-bond acceptors (Lipinski definition) is 6. The minimum atomic E-state index is -0.327. The second-order valence-corrected chi connectivity index (χ2v) is 7.20. The van der Waals surface area contributed by atoms with Gasteiger partial charge in [-0.3, -0.25) is 4.90 Å². The fourth-order valence-electron chi connectivity index (χ4n) is 2.77. The Morgan fingerprint density at radius 1 is 1.33 bits per heavy atom. The van der Waals surface area contributed by atoms with Crippen molar-refractivity contribution in [2.75, 3.05) is 54.6 Å². The molecule has 130 valence electrons. The molecule has 0 aliphatic carbocycles. The molecule has 1 aromatic rings. The lowest BCUT2D eigenvalue weighted by Gasteiger charge is -2.28. The normalized spacial score (nSPS) is 20.7. The topological polar surface area (TPSA) is 54.0 Å². The molecule has 0 radical (unpaired) electrons. The molecule has 24 heavy (non-hydrogen) atoms. The van der Waals surface area contributed by atoms with E-state index in [4.69, 9.17) is 21.7 Å². The van der Waals surface area contributed by atoms with E-state index in [2.05, 4.69) is 22.3 Å². The minimum Gasteiger partial charge on any atom is -0.474 e. The number of amides is 1. The van der Waals surface area contributed by atoms with Crippen molar-refractivity contribution in [1.82, 2.24) is 5.32 Å². The Morgan fingerprint density at radius 2 is 2.00 bits per heavy atom. The zero-order valence-electron chi connectivity index (χ0n) is 13.6. The first-order valence-corrected chi connectivity index (χ1v) is 9.46. The molecule has 3 rings (SSSR count). The number of benzene rings is 1. The van der Waals surface area contributed by atoms with E-state index in [1.807, 2.05) is 23.9 Å². The fourth-order valence-corrected chi connectivity index (χ4v) is 3.76. The number of ether oxygens (including phenoxy) is 2. The highest BCUT2D eigenvalue weighted by molar-refractivity contribution is 7.99. The van der Waals surface area contributed by atoms with Gasteiger partial charge in [0.2, 0.25) is 0 Å². The predicted molar refractivity (Wildman–Crippen MR) is 101 cm³/mol. The van der Waals surface area contributed by atoms with Crippen LogP contribution in [0.3, 0.4) is 0 Å². The maximum atomic E-state index is 12.1. The molecule has 0 aromatic heterocycles. The molecule has 0 saturated carbocycles. The summed E-state index contributed by atoms with van der Waals surface area (Å²) < 4.78 is 10.2. The monoisotopic (exact) mass is 367 g/mol. The van der Waals surface area contributed by atoms with Gasteiger partial charge in [0.25, 0.3) is 5.17 Å². The van der Waals surface area contributed by atoms with E-state index < -0.39 is 0 Å². The van der Waals surface area contributed by atoms with E-state index in [1.54, 1.807) is 4.90 Å². The van der Waals surface area contributed by atoms with Crippen LogP contribution in [0.1, 0.15) is 0 Å². The van der Waals surface area contributed by atoms with Gasteiger partial charge in [0.15, 0.2) is 0 Å². The standard InChI is InChI=1S/C16H21N3O3S2/c1-21-15(23)17-10-14-11-19(16(20)22-14)13-4-2-12(3-5-13)18-6-8-24-9-7-18/h2-5,14H,6-11H2,1H3,(H,17,23)/t14-/m0/s1. The van der Waals surface area contributed by atoms with Crippen LogP contribution in [0.15, 0.2) is 24.3 Å². The van der Waals surface area contributed by atoms with E-state index in [-0.39, 0.29) is 12.2 Å². The largest absolute Gasteiger partial charge is 0.474 e. The van der Waals surface area contributed by atoms with Crippen LogP contribution in [0.25, 0.3) is 0 Å². The molecular formula is C16H21N3O3S2. The van der Waals surface area contributed by atoms with Crippen molar-refractivity contribution >= 4 is 46.6 Å². The predicted octanol–water partition coefficient (Wildman–Crippen LogP) is 2.09. The molecule has 2 fully saturated rings. The molecule has 1 N–H and O–H groups in total. The summed E-state index contributed by atoms with van der Waals surface area (Å²) in [6, 6.07) is 8.11. The number of anilines is 2. The molecule has 8 heteroatoms. The Bertz CT molecular complexity index is 591. The summed E-state index contributed by atoms with van der Waals surface area (Å²) >= 11 is 6.92. The molecule has 0 bridgehead atoms. The summed E-state index contributed by atoms with van der Waals surface area (Å²) in [7, 11) is 1.50. The number of nitrogens with one attached hydrogen (secondary N) is 1. The van der Waals surface area contributed by atoms with Crippen LogP contribution >= 0.6 is 24.0 Å². The Hall–Kier alpha value is -1.67. The van der Waals surface area contributed by atoms with Crippen molar-refractivity contribution in [3.8, 4) is 0 Å². The van der Waals surface area contributed by atoms with E-state index in [0.717, 1.165) is 30.3 Å². The van der Waals surface area contributed by atoms with Crippen molar-refractivity contribution in [2.24, 2.45) is 0 Å². The Morgan fingerprint density at radius 3 is 2.67 bits per heavy atom. The number of hydrogen-bond donors (Lipinski definition) is 1. The molecule has 1 amide bonds. The summed E-state index contributed by atoms with van der Waals surface area (Å²) in [6.07, 6.45) is -0.573. The number of rotatable bonds is 4. The maximum absolute atomic E-state index is 12.1. The Labute approximate surface area is 151 Å². The molecule has 0 spiro atoms. The van der Waals surface area contributed by atoms with Gasteiger partial charge in [-0.15, -0.1) is 0 Å². The Kier molecular flexibility index (Phi) is 5.68. The van der Waals surface area contributed by atoms with Gasteiger partial charge >= 0.3 is 6.09 Å². The van der Waals surface area contributed by atoms with Gasteiger partial charge in [0, 0.05) is 36.0 Å². The van der Waals surface area contributed by atoms with Crippen LogP contribution in [-0.2, 0) is 9.47 Å². The third-order valence-electron chi connectivity index (χ3n) is 4.07. The number of cyclic esters (lactones) is 1. The average molecular weight is 367 g/mol. The molecule has 0 unspecified atom stereocenters. The first-order valence-electron chi connectivity index (χ1n) is 7.90. The summed E-state index contributed by atoms with van der Waals surface area (Å²) in [5.74, 6) is 2.33. The summed E-state index contributed by atoms with van der Waals surface area (Å²) in [6.45, 7) is 3.09. The summed E-state index contributed by atoms with van der Waals surface area (Å²) in [5.41, 5.74) is 2.06. The van der Waals surface area contributed by atoms with E-state index >= 15 is 0 Å². The number of thiocarbonyl (C=S) groups is 1. The molecule has 1 aromatic carbocycles. The summed E-state index contributed by atoms with van der Waals surface area (Å²) in [4.78, 5) is 16.1. The number of thioether (sulfide) groups is 1. The van der Waals surface area contributed by atoms with Crippen molar-refractivity contribution in [3.05, 3.63) is 24.3 Å². The van der Waals surface area contributed by atoms with Crippen molar-refractivity contribution < 1.29 is 14.3 Å². The van der Waals surface area contributed by atoms with Crippen LogP contribution in [0.2, 0.25) is 0 Å². The van der Waals surface area contributed by atoms with Crippen molar-refractivity contribution in [3.63, 3.8) is 0 Å². The van der Waals surface area contributed by atoms with Gasteiger partial charge in [-0.25, -0.2) is 4.79 Å². The van der Waals surface area contributed by atoms with E-state index in [1.165, 1.54) is 12.8 Å². The lowest BCUT2D eigenvalue weighted by molar-refractivity contribution is 0.142. The summed E-state index contributed by atoms with van der Waals surface area (Å²) in [5, 5.41) is 3.22. The first-order chi connectivity index (χ1) is 11.7. The molecule has 1 atom stereocenters. The number of methoxy groups -OCH3 is 1. The lowest BCUT2D eigenvalue weighted by Crippen LogP contribution is -2.34. The molecule has 2 heterocycles. The number of carbonyl (C=O) groups is 1. The van der Waals surface area contributed by atoms with Crippen LogP contribution in [-0.4, -0.2) is 62.2 Å². The quantitative estimate of drug-likeness (QED) is 0.818. The second-order valence-electron chi connectivity index (χ2n) is 5.60. The van der Waals surface area contributed by atoms with Crippen LogP contribution < -0.4 is 15.1 Å². The van der Waals surface area contributed by atoms with Crippen LogP contribution in [0, 0.1) is 0 Å². The fraction of sp³-hybridized carbons (Fsp3) is 0.500. The second kappa shape index (κ2) is 7.94. The van der Waals surface area contributed by atoms with Gasteiger partial charge in [-0.05, 0) is 36.5 Å². The van der Waals surface area contributed by atoms with Gasteiger partial charge < -0.3 is 19.7 Å². The van der Waals surface area contributed by atoms with Crippen LogP contribution in [0.4, 0.5) is 16.2 Å². The molecule has 2 aliphatic rings. The zero-order chi connectivity index (χ0) is 16.9. The zero-order valence-corrected chi connectivity index (χ0v) is 15.2. The Balaban J connectivity index is 1.59. The minimum absolute atomic E-state index is 0.246. The maximum Gasteiger partial charge on any atom is 0.414 e. The van der Waals surface area contributed by atoms with E-state index in [0.29, 0.717) is 18.3 Å². The average Bonchev–Trinajstić information content (AvgIpc) is 3.01. The molecular weight excluding hydrogens is 346 g/mol. The molecule has 2 aliphatic heterocycles. The van der Waals surface area contributed by atoms with Crippen LogP contribution in [0.5, 0.6) is 0 Å². The highest BCUT2D eigenvalue weighted by Crippen LogP contribution is 2.26. The SMILES string of the molecule is COC(=S)NC[C@H]1CN(c2ccc(N3CCSCC3)cc2)C(=O)O1. The van der Waals surface area contributed by atoms with Gasteiger partial charge in [-0.2, -0.15) is 11.8 Å². The van der Waals surface area contributed by atoms with Gasteiger partial charge in [0.05, 0.1) is 20.2 Å². The van der Waals surface area contributed by atoms with Gasteiger partial charge in [0.1, 0.15) is 6.10 Å². The van der Waals surface area contributed by atoms with Crippen molar-refractivity contribution in [2.45, 2.75) is 6.10 Å². The smallest absolute Gasteiger partial charge is 0.414 e. The number of nitrogens with zero attached hydrogens (tertiary/aromatic N) is 2. The highest BCUT2D eigenvalue weighted by atomic mass is 32.2. The third-order valence-corrected chi connectivity index (χ3v) is 5.32. The highest BCUT2D eigenvalue weighted by Gasteiger charge is 2.32. The first kappa shape index (κ1) is 17.2. The van der Waals surface area contributed by atoms with Crippen molar-refractivity contribution in [1.29, 1.82) is 0 Å². The molecule has 6 nitrogen and oxygen atoms in total. The van der Waals surface area contributed by atoms with E-state index in [9.17, 15) is 4.79 Å². The lowest BCUT2D eigenvalue weighted by atomic mass is 10.2. The molecule has 2 saturated heterocycles. The number of carbonyl (C=O) groups excluding carboxylic acids is 1. The third kappa shape index (κ3) is 4.05. The van der Waals surface area contributed by atoms with Gasteiger partial charge in [-0.1, -0.05) is 0 Å².